The highest BCUT2D eigenvalue weighted by Gasteiger charge is 2.27. The number of nitrogens with one attached hydrogen (secondary N) is 1. The Kier molecular flexibility index (Phi) is 7.05. The summed E-state index contributed by atoms with van der Waals surface area (Å²) in [5, 5.41) is 3.30. The van der Waals surface area contributed by atoms with Gasteiger partial charge in [0.15, 0.2) is 0 Å². The van der Waals surface area contributed by atoms with Gasteiger partial charge in [-0.2, -0.15) is 0 Å². The third-order valence-corrected chi connectivity index (χ3v) is 4.18. The van der Waals surface area contributed by atoms with Gasteiger partial charge in [0, 0.05) is 30.8 Å². The average molecular weight is 365 g/mol. The number of carbonyl (C=O) groups is 1. The molecule has 1 N–H and O–H groups in total. The van der Waals surface area contributed by atoms with E-state index in [-0.39, 0.29) is 17.5 Å². The second-order valence-corrected chi connectivity index (χ2v) is 5.97. The maximum absolute atomic E-state index is 13.7. The molecule has 0 radical (unpaired) electrons. The smallest absolute Gasteiger partial charge is 0.236 e. The number of ether oxygens (including phenoxy) is 2. The number of amides is 1. The Hall–Kier alpha value is -0.920. The van der Waals surface area contributed by atoms with Crippen molar-refractivity contribution in [1.29, 1.82) is 0 Å². The molecule has 0 aromatic heterocycles. The molecule has 0 spiro atoms. The predicted octanol–water partition coefficient (Wildman–Crippen LogP) is 2.27. The fourth-order valence-corrected chi connectivity index (χ4v) is 2.83. The molecule has 1 aromatic carbocycles. The summed E-state index contributed by atoms with van der Waals surface area (Å²) in [4.78, 5) is 13.9. The molecule has 0 aliphatic carbocycles. The van der Waals surface area contributed by atoms with Crippen LogP contribution in [0.2, 0.25) is 10.0 Å². The summed E-state index contributed by atoms with van der Waals surface area (Å²) in [5.74, 6) is -0.598. The highest BCUT2D eigenvalue weighted by atomic mass is 35.5. The highest BCUT2D eigenvalue weighted by molar-refractivity contribution is 6.35. The summed E-state index contributed by atoms with van der Waals surface area (Å²) in [6.07, 6.45) is -0.467. The molecule has 0 bridgehead atoms. The molecule has 1 atom stereocenters. The van der Waals surface area contributed by atoms with Crippen molar-refractivity contribution in [3.05, 3.63) is 33.6 Å². The van der Waals surface area contributed by atoms with Gasteiger partial charge in [0.25, 0.3) is 0 Å². The molecule has 1 aromatic rings. The molecule has 0 saturated carbocycles. The van der Waals surface area contributed by atoms with Gasteiger partial charge in [-0.25, -0.2) is 4.39 Å². The summed E-state index contributed by atoms with van der Waals surface area (Å²) in [7, 11) is 1.60. The van der Waals surface area contributed by atoms with Crippen molar-refractivity contribution in [3.8, 4) is 0 Å². The van der Waals surface area contributed by atoms with Crippen molar-refractivity contribution in [2.24, 2.45) is 0 Å². The van der Waals surface area contributed by atoms with E-state index >= 15 is 0 Å². The largest absolute Gasteiger partial charge is 0.383 e. The van der Waals surface area contributed by atoms with Crippen LogP contribution in [0.15, 0.2) is 12.1 Å². The SMILES string of the molecule is COCCNCC(=O)N1CCOC(c2cc(F)c(Cl)cc2Cl)C1. The number of carbonyl (C=O) groups excluding carboxylic acids is 1. The molecular weight excluding hydrogens is 346 g/mol. The molecule has 128 valence electrons. The Morgan fingerprint density at radius 1 is 1.48 bits per heavy atom. The number of benzene rings is 1. The van der Waals surface area contributed by atoms with Crippen molar-refractivity contribution < 1.29 is 18.7 Å². The normalized spacial score (nSPS) is 18.3. The lowest BCUT2D eigenvalue weighted by Gasteiger charge is -2.33. The number of hydrogen-bond acceptors (Lipinski definition) is 4. The second kappa shape index (κ2) is 8.80. The molecule has 1 heterocycles. The van der Waals surface area contributed by atoms with Crippen LogP contribution >= 0.6 is 23.2 Å². The summed E-state index contributed by atoms with van der Waals surface area (Å²) < 4.78 is 24.2. The van der Waals surface area contributed by atoms with Gasteiger partial charge >= 0.3 is 0 Å². The van der Waals surface area contributed by atoms with Gasteiger partial charge in [-0.15, -0.1) is 0 Å². The predicted molar refractivity (Wildman–Crippen MR) is 86.4 cm³/mol. The fraction of sp³-hybridized carbons (Fsp3) is 0.533. The van der Waals surface area contributed by atoms with E-state index in [1.807, 2.05) is 0 Å². The van der Waals surface area contributed by atoms with Gasteiger partial charge in [-0.3, -0.25) is 4.79 Å². The highest BCUT2D eigenvalue weighted by Crippen LogP contribution is 2.32. The summed E-state index contributed by atoms with van der Waals surface area (Å²) >= 11 is 11.8. The minimum absolute atomic E-state index is 0.0372. The Morgan fingerprint density at radius 2 is 2.26 bits per heavy atom. The molecule has 23 heavy (non-hydrogen) atoms. The molecule has 1 amide bonds. The van der Waals surface area contributed by atoms with E-state index in [1.165, 1.54) is 12.1 Å². The molecule has 1 fully saturated rings. The van der Waals surface area contributed by atoms with E-state index < -0.39 is 11.9 Å². The van der Waals surface area contributed by atoms with Crippen molar-refractivity contribution in [2.75, 3.05) is 46.5 Å². The maximum atomic E-state index is 13.7. The van der Waals surface area contributed by atoms with Gasteiger partial charge in [0.2, 0.25) is 5.91 Å². The molecule has 1 saturated heterocycles. The van der Waals surface area contributed by atoms with E-state index in [0.29, 0.717) is 43.4 Å². The Morgan fingerprint density at radius 3 is 3.00 bits per heavy atom. The number of rotatable bonds is 6. The Bertz CT molecular complexity index is 560. The Labute approximate surface area is 144 Å². The monoisotopic (exact) mass is 364 g/mol. The number of nitrogens with zero attached hydrogens (tertiary/aromatic N) is 1. The zero-order valence-corrected chi connectivity index (χ0v) is 14.3. The van der Waals surface area contributed by atoms with Crippen LogP contribution < -0.4 is 5.32 Å². The van der Waals surface area contributed by atoms with Gasteiger partial charge < -0.3 is 19.7 Å². The van der Waals surface area contributed by atoms with Crippen LogP contribution in [0.25, 0.3) is 0 Å². The standard InChI is InChI=1S/C15H19Cl2FN2O3/c1-22-4-2-19-8-15(21)20-3-5-23-14(9-20)10-6-13(18)12(17)7-11(10)16/h6-7,14,19H,2-5,8-9H2,1H3. The molecule has 1 unspecified atom stereocenters. The van der Waals surface area contributed by atoms with Crippen molar-refractivity contribution >= 4 is 29.1 Å². The lowest BCUT2D eigenvalue weighted by atomic mass is 10.1. The first-order valence-corrected chi connectivity index (χ1v) is 8.02. The molecule has 1 aliphatic heterocycles. The molecule has 2 rings (SSSR count). The third kappa shape index (κ3) is 5.02. The quantitative estimate of drug-likeness (QED) is 0.621. The second-order valence-electron chi connectivity index (χ2n) is 5.16. The van der Waals surface area contributed by atoms with Crippen molar-refractivity contribution in [3.63, 3.8) is 0 Å². The third-order valence-electron chi connectivity index (χ3n) is 3.56. The first-order chi connectivity index (χ1) is 11.0. The van der Waals surface area contributed by atoms with E-state index in [9.17, 15) is 9.18 Å². The van der Waals surface area contributed by atoms with Crippen molar-refractivity contribution in [2.45, 2.75) is 6.10 Å². The van der Waals surface area contributed by atoms with Crippen LogP contribution in [0.4, 0.5) is 4.39 Å². The van der Waals surface area contributed by atoms with Crippen LogP contribution in [0.5, 0.6) is 0 Å². The van der Waals surface area contributed by atoms with Crippen LogP contribution in [0, 0.1) is 5.82 Å². The van der Waals surface area contributed by atoms with E-state index in [0.717, 1.165) is 0 Å². The summed E-state index contributed by atoms with van der Waals surface area (Å²) in [5.41, 5.74) is 0.499. The lowest BCUT2D eigenvalue weighted by Crippen LogP contribution is -2.46. The summed E-state index contributed by atoms with van der Waals surface area (Å²) in [6.45, 7) is 2.55. The number of methoxy groups -OCH3 is 1. The maximum Gasteiger partial charge on any atom is 0.236 e. The molecule has 1 aliphatic rings. The first-order valence-electron chi connectivity index (χ1n) is 7.26. The van der Waals surface area contributed by atoms with Crippen molar-refractivity contribution in [1.82, 2.24) is 10.2 Å². The number of halogens is 3. The number of morpholine rings is 1. The van der Waals surface area contributed by atoms with Crippen LogP contribution in [0.3, 0.4) is 0 Å². The van der Waals surface area contributed by atoms with Gasteiger partial charge in [0.1, 0.15) is 11.9 Å². The van der Waals surface area contributed by atoms with Crippen LogP contribution in [-0.2, 0) is 14.3 Å². The van der Waals surface area contributed by atoms with E-state index in [2.05, 4.69) is 5.32 Å². The summed E-state index contributed by atoms with van der Waals surface area (Å²) in [6, 6.07) is 2.62. The van der Waals surface area contributed by atoms with E-state index in [1.54, 1.807) is 12.0 Å². The topological polar surface area (TPSA) is 50.8 Å². The fourth-order valence-electron chi connectivity index (χ4n) is 2.33. The lowest BCUT2D eigenvalue weighted by molar-refractivity contribution is -0.138. The average Bonchev–Trinajstić information content (AvgIpc) is 2.55. The minimum Gasteiger partial charge on any atom is -0.383 e. The molecular formula is C15H19Cl2FN2O3. The zero-order chi connectivity index (χ0) is 16.8. The zero-order valence-electron chi connectivity index (χ0n) is 12.8. The first kappa shape index (κ1) is 18.4. The van der Waals surface area contributed by atoms with Crippen LogP contribution in [0.1, 0.15) is 11.7 Å². The van der Waals surface area contributed by atoms with E-state index in [4.69, 9.17) is 32.7 Å². The number of hydrogen-bond donors (Lipinski definition) is 1. The molecule has 5 nitrogen and oxygen atoms in total. The van der Waals surface area contributed by atoms with Crippen LogP contribution in [-0.4, -0.2) is 57.3 Å². The van der Waals surface area contributed by atoms with Gasteiger partial charge in [0.05, 0.1) is 31.3 Å². The Balaban J connectivity index is 1.98. The molecule has 8 heteroatoms. The van der Waals surface area contributed by atoms with Gasteiger partial charge in [-0.05, 0) is 12.1 Å². The van der Waals surface area contributed by atoms with Gasteiger partial charge in [-0.1, -0.05) is 23.2 Å². The minimum atomic E-state index is -0.556.